The van der Waals surface area contributed by atoms with Crippen LogP contribution in [0.3, 0.4) is 0 Å². The van der Waals surface area contributed by atoms with Crippen molar-refractivity contribution >= 4 is 11.6 Å². The van der Waals surface area contributed by atoms with E-state index in [4.69, 9.17) is 0 Å². The Morgan fingerprint density at radius 2 is 2.44 bits per heavy atom. The summed E-state index contributed by atoms with van der Waals surface area (Å²) in [7, 11) is 0. The van der Waals surface area contributed by atoms with Crippen molar-refractivity contribution in [2.45, 2.75) is 13.1 Å². The average molecular weight is 250 g/mol. The van der Waals surface area contributed by atoms with Crippen LogP contribution in [-0.2, 0) is 17.9 Å². The zero-order valence-electron chi connectivity index (χ0n) is 9.24. The smallest absolute Gasteiger partial charge is 0.307 e. The van der Waals surface area contributed by atoms with Gasteiger partial charge in [0.1, 0.15) is 18.9 Å². The van der Waals surface area contributed by atoms with E-state index < -0.39 is 4.92 Å². The largest absolute Gasteiger partial charge is 0.349 e. The molecule has 0 aliphatic rings. The minimum atomic E-state index is -0.563. The van der Waals surface area contributed by atoms with Gasteiger partial charge in [0.2, 0.25) is 5.91 Å². The molecule has 9 nitrogen and oxygen atoms in total. The van der Waals surface area contributed by atoms with Crippen LogP contribution < -0.4 is 5.32 Å². The molecule has 0 fully saturated rings. The van der Waals surface area contributed by atoms with Gasteiger partial charge in [-0.2, -0.15) is 10.2 Å². The molecule has 0 saturated carbocycles. The Kier molecular flexibility index (Phi) is 3.32. The summed E-state index contributed by atoms with van der Waals surface area (Å²) in [6, 6.07) is 1.74. The molecule has 2 N–H and O–H groups in total. The quantitative estimate of drug-likeness (QED) is 0.564. The lowest BCUT2D eigenvalue weighted by Gasteiger charge is -2.03. The molecule has 9 heteroatoms. The first-order valence-electron chi connectivity index (χ1n) is 5.07. The molecule has 0 aliphatic carbocycles. The lowest BCUT2D eigenvalue weighted by molar-refractivity contribution is -0.385. The van der Waals surface area contributed by atoms with E-state index in [1.807, 2.05) is 0 Å². The molecule has 18 heavy (non-hydrogen) atoms. The predicted octanol–water partition coefficient (Wildman–Crippen LogP) is -0.169. The molecule has 0 aliphatic heterocycles. The molecular formula is C9H10N6O3. The molecule has 2 aromatic rings. The third kappa shape index (κ3) is 2.90. The van der Waals surface area contributed by atoms with E-state index in [2.05, 4.69) is 20.6 Å². The van der Waals surface area contributed by atoms with E-state index >= 15 is 0 Å². The number of nitrogens with one attached hydrogen (secondary N) is 2. The van der Waals surface area contributed by atoms with Crippen LogP contribution in [0.2, 0.25) is 0 Å². The number of aromatic amines is 1. The molecule has 0 radical (unpaired) electrons. The highest BCUT2D eigenvalue weighted by Crippen LogP contribution is 2.07. The number of hydrogen-bond acceptors (Lipinski definition) is 5. The van der Waals surface area contributed by atoms with Crippen LogP contribution in [0, 0.1) is 10.1 Å². The molecule has 0 bridgehead atoms. The van der Waals surface area contributed by atoms with Gasteiger partial charge in [0, 0.05) is 6.20 Å². The number of carbonyl (C=O) groups is 1. The molecule has 0 atom stereocenters. The molecule has 0 unspecified atom stereocenters. The molecule has 0 spiro atoms. The monoisotopic (exact) mass is 250 g/mol. The highest BCUT2D eigenvalue weighted by molar-refractivity contribution is 5.75. The summed E-state index contributed by atoms with van der Waals surface area (Å²) >= 11 is 0. The Hall–Kier alpha value is -2.71. The van der Waals surface area contributed by atoms with Gasteiger partial charge in [0.15, 0.2) is 0 Å². The zero-order valence-corrected chi connectivity index (χ0v) is 9.24. The second kappa shape index (κ2) is 5.08. The van der Waals surface area contributed by atoms with Gasteiger partial charge < -0.3 is 5.32 Å². The Labute approximate surface area is 101 Å². The molecule has 2 rings (SSSR count). The number of carbonyl (C=O) groups excluding carboxylic acids is 1. The summed E-state index contributed by atoms with van der Waals surface area (Å²) in [4.78, 5) is 21.4. The number of aromatic nitrogens is 4. The number of hydrogen-bond donors (Lipinski definition) is 2. The number of nitro groups is 1. The van der Waals surface area contributed by atoms with Gasteiger partial charge in [0.05, 0.1) is 17.2 Å². The first-order valence-corrected chi connectivity index (χ1v) is 5.07. The first-order chi connectivity index (χ1) is 8.65. The average Bonchev–Trinajstić information content (AvgIpc) is 2.96. The van der Waals surface area contributed by atoms with Crippen LogP contribution in [-0.4, -0.2) is 30.8 Å². The summed E-state index contributed by atoms with van der Waals surface area (Å²) in [6.07, 6.45) is 3.89. The minimum Gasteiger partial charge on any atom is -0.349 e. The van der Waals surface area contributed by atoms with Crippen LogP contribution in [0.25, 0.3) is 0 Å². The van der Waals surface area contributed by atoms with E-state index in [1.165, 1.54) is 10.9 Å². The normalized spacial score (nSPS) is 10.2. The number of H-pyrrole nitrogens is 1. The van der Waals surface area contributed by atoms with Gasteiger partial charge in [0.25, 0.3) is 0 Å². The molecule has 94 valence electrons. The summed E-state index contributed by atoms with van der Waals surface area (Å²) < 4.78 is 1.21. The van der Waals surface area contributed by atoms with Crippen molar-refractivity contribution in [3.63, 3.8) is 0 Å². The fraction of sp³-hybridized carbons (Fsp3) is 0.222. The van der Waals surface area contributed by atoms with Crippen molar-refractivity contribution in [3.05, 3.63) is 40.5 Å². The highest BCUT2D eigenvalue weighted by Gasteiger charge is 2.10. The Bertz CT molecular complexity index is 546. The second-order valence-electron chi connectivity index (χ2n) is 3.51. The Morgan fingerprint density at radius 3 is 3.06 bits per heavy atom. The van der Waals surface area contributed by atoms with E-state index in [9.17, 15) is 14.9 Å². The second-order valence-corrected chi connectivity index (χ2v) is 3.51. The maximum Gasteiger partial charge on any atom is 0.307 e. The van der Waals surface area contributed by atoms with Gasteiger partial charge in [-0.3, -0.25) is 24.7 Å². The van der Waals surface area contributed by atoms with Crippen LogP contribution in [0.1, 0.15) is 5.69 Å². The van der Waals surface area contributed by atoms with E-state index in [-0.39, 0.29) is 18.1 Å². The van der Waals surface area contributed by atoms with E-state index in [0.29, 0.717) is 6.54 Å². The zero-order chi connectivity index (χ0) is 13.0. The Morgan fingerprint density at radius 1 is 1.61 bits per heavy atom. The molecule has 0 aromatic carbocycles. The molecular weight excluding hydrogens is 240 g/mol. The molecule has 2 aromatic heterocycles. The van der Waals surface area contributed by atoms with Gasteiger partial charge in [-0.1, -0.05) is 0 Å². The molecule has 2 heterocycles. The van der Waals surface area contributed by atoms with Crippen molar-refractivity contribution in [2.75, 3.05) is 0 Å². The van der Waals surface area contributed by atoms with Crippen molar-refractivity contribution in [2.24, 2.45) is 0 Å². The third-order valence-electron chi connectivity index (χ3n) is 2.17. The number of nitrogens with zero attached hydrogens (tertiary/aromatic N) is 4. The SMILES string of the molecule is O=C(Cn1cc([N+](=O)[O-])cn1)NCc1ccn[nH]1. The maximum absolute atomic E-state index is 11.5. The summed E-state index contributed by atoms with van der Waals surface area (Å²) in [5.74, 6) is -0.289. The van der Waals surface area contributed by atoms with Crippen LogP contribution >= 0.6 is 0 Å². The fourth-order valence-corrected chi connectivity index (χ4v) is 1.31. The van der Waals surface area contributed by atoms with Gasteiger partial charge >= 0.3 is 5.69 Å². The predicted molar refractivity (Wildman–Crippen MR) is 59.3 cm³/mol. The van der Waals surface area contributed by atoms with Crippen molar-refractivity contribution in [1.29, 1.82) is 0 Å². The first kappa shape index (κ1) is 11.8. The van der Waals surface area contributed by atoms with Crippen LogP contribution in [0.4, 0.5) is 5.69 Å². The minimum absolute atomic E-state index is 0.0675. The van der Waals surface area contributed by atoms with Crippen LogP contribution in [0.5, 0.6) is 0 Å². The number of rotatable bonds is 5. The van der Waals surface area contributed by atoms with Crippen molar-refractivity contribution < 1.29 is 9.72 Å². The highest BCUT2D eigenvalue weighted by atomic mass is 16.6. The van der Waals surface area contributed by atoms with E-state index in [1.54, 1.807) is 12.3 Å². The Balaban J connectivity index is 1.85. The van der Waals surface area contributed by atoms with Crippen molar-refractivity contribution in [1.82, 2.24) is 25.3 Å². The standard InChI is InChI=1S/C9H10N6O3/c16-9(10-3-7-1-2-11-13-7)6-14-5-8(4-12-14)15(17)18/h1-2,4-5H,3,6H2,(H,10,16)(H,11,13). The van der Waals surface area contributed by atoms with Crippen molar-refractivity contribution in [3.8, 4) is 0 Å². The summed E-state index contributed by atoms with van der Waals surface area (Å²) in [6.45, 7) is 0.254. The van der Waals surface area contributed by atoms with Gasteiger partial charge in [-0.05, 0) is 6.07 Å². The molecule has 1 amide bonds. The topological polar surface area (TPSA) is 119 Å². The fourth-order valence-electron chi connectivity index (χ4n) is 1.31. The third-order valence-corrected chi connectivity index (χ3v) is 2.17. The molecule has 0 saturated heterocycles. The summed E-state index contributed by atoms with van der Waals surface area (Å²) in [5, 5.41) is 23.2. The van der Waals surface area contributed by atoms with E-state index in [0.717, 1.165) is 11.9 Å². The summed E-state index contributed by atoms with van der Waals surface area (Å²) in [5.41, 5.74) is 0.631. The lowest BCUT2D eigenvalue weighted by Crippen LogP contribution is -2.27. The van der Waals surface area contributed by atoms with Gasteiger partial charge in [-0.15, -0.1) is 0 Å². The maximum atomic E-state index is 11.5. The van der Waals surface area contributed by atoms with Crippen LogP contribution in [0.15, 0.2) is 24.7 Å². The number of amides is 1. The lowest BCUT2D eigenvalue weighted by atomic mass is 10.4. The van der Waals surface area contributed by atoms with Gasteiger partial charge in [-0.25, -0.2) is 0 Å².